The first-order valence-corrected chi connectivity index (χ1v) is 11.0. The van der Waals surface area contributed by atoms with Crippen molar-refractivity contribution >= 4 is 15.9 Å². The van der Waals surface area contributed by atoms with Crippen molar-refractivity contribution in [1.82, 2.24) is 10.0 Å². The number of hydrogen-bond acceptors (Lipinski definition) is 4. The fourth-order valence-electron chi connectivity index (χ4n) is 2.80. The number of carbonyl (C=O) groups excluding carboxylic acids is 1. The summed E-state index contributed by atoms with van der Waals surface area (Å²) in [5, 5.41) is 2.79. The first kappa shape index (κ1) is 21.5. The summed E-state index contributed by atoms with van der Waals surface area (Å²) in [6, 6.07) is 23.5. The van der Waals surface area contributed by atoms with Gasteiger partial charge < -0.3 is 10.1 Å². The Balaban J connectivity index is 1.54. The quantitative estimate of drug-likeness (QED) is 0.553. The van der Waals surface area contributed by atoms with Gasteiger partial charge in [0.15, 0.2) is 6.61 Å². The zero-order valence-corrected chi connectivity index (χ0v) is 17.5. The Morgan fingerprint density at radius 3 is 2.07 bits per heavy atom. The molecule has 0 unspecified atom stereocenters. The highest BCUT2D eigenvalue weighted by Gasteiger charge is 2.15. The van der Waals surface area contributed by atoms with Gasteiger partial charge in [0.1, 0.15) is 5.75 Å². The third-order valence-corrected chi connectivity index (χ3v) is 5.86. The monoisotopic (exact) mass is 424 g/mol. The van der Waals surface area contributed by atoms with Crippen molar-refractivity contribution in [1.29, 1.82) is 0 Å². The number of nitrogens with one attached hydrogen (secondary N) is 2. The van der Waals surface area contributed by atoms with Crippen molar-refractivity contribution in [2.24, 2.45) is 0 Å². The summed E-state index contributed by atoms with van der Waals surface area (Å²) in [5.74, 6) is 0.214. The molecular weight excluding hydrogens is 400 g/mol. The molecule has 7 heteroatoms. The van der Waals surface area contributed by atoms with E-state index in [2.05, 4.69) is 10.0 Å². The molecule has 0 spiro atoms. The van der Waals surface area contributed by atoms with E-state index in [1.54, 1.807) is 13.0 Å². The summed E-state index contributed by atoms with van der Waals surface area (Å²) in [4.78, 5) is 12.2. The van der Waals surface area contributed by atoms with Gasteiger partial charge in [-0.3, -0.25) is 4.79 Å². The summed E-state index contributed by atoms with van der Waals surface area (Å²) in [6.45, 7) is 2.23. The van der Waals surface area contributed by atoms with Gasteiger partial charge in [-0.2, -0.15) is 0 Å². The molecule has 30 heavy (non-hydrogen) atoms. The number of amides is 1. The molecule has 3 aromatic carbocycles. The molecule has 2 N–H and O–H groups in total. The van der Waals surface area contributed by atoms with E-state index in [1.807, 2.05) is 60.7 Å². The number of aryl methyl sites for hydroxylation is 1. The molecule has 0 bridgehead atoms. The van der Waals surface area contributed by atoms with Crippen molar-refractivity contribution in [3.05, 3.63) is 95.6 Å². The zero-order chi connectivity index (χ0) is 21.4. The maximum atomic E-state index is 12.5. The Morgan fingerprint density at radius 2 is 1.47 bits per heavy atom. The molecule has 0 aromatic heterocycles. The molecule has 0 heterocycles. The molecule has 0 atom stereocenters. The number of ether oxygens (including phenoxy) is 1. The van der Waals surface area contributed by atoms with Gasteiger partial charge in [0.25, 0.3) is 5.91 Å². The number of carbonyl (C=O) groups is 1. The minimum atomic E-state index is -3.65. The Morgan fingerprint density at radius 1 is 0.867 bits per heavy atom. The van der Waals surface area contributed by atoms with Crippen LogP contribution in [0.15, 0.2) is 83.8 Å². The van der Waals surface area contributed by atoms with E-state index >= 15 is 0 Å². The van der Waals surface area contributed by atoms with Gasteiger partial charge in [-0.1, -0.05) is 60.7 Å². The number of benzene rings is 3. The largest absolute Gasteiger partial charge is 0.484 e. The van der Waals surface area contributed by atoms with E-state index in [1.165, 1.54) is 12.1 Å². The standard InChI is InChI=1S/C23H24N2O4S/c1-18-14-21(30(27,28)25-16-20-10-6-3-7-11-20)12-13-22(18)29-17-23(26)24-15-19-8-4-2-5-9-19/h2-14,25H,15-17H2,1H3,(H,24,26). The molecule has 0 radical (unpaired) electrons. The third kappa shape index (κ3) is 6.17. The number of hydrogen-bond donors (Lipinski definition) is 2. The predicted octanol–water partition coefficient (Wildman–Crippen LogP) is 3.17. The minimum absolute atomic E-state index is 0.147. The topological polar surface area (TPSA) is 84.5 Å². The van der Waals surface area contributed by atoms with Crippen LogP contribution in [0, 0.1) is 6.92 Å². The molecular formula is C23H24N2O4S. The van der Waals surface area contributed by atoms with Gasteiger partial charge in [0.05, 0.1) is 4.90 Å². The lowest BCUT2D eigenvalue weighted by molar-refractivity contribution is -0.123. The second-order valence-corrected chi connectivity index (χ2v) is 8.56. The van der Waals surface area contributed by atoms with Crippen LogP contribution in [0.5, 0.6) is 5.75 Å². The van der Waals surface area contributed by atoms with Crippen LogP contribution in [0.4, 0.5) is 0 Å². The van der Waals surface area contributed by atoms with Crippen molar-refractivity contribution in [3.8, 4) is 5.75 Å². The maximum absolute atomic E-state index is 12.5. The summed E-state index contributed by atoms with van der Waals surface area (Å²) >= 11 is 0. The highest BCUT2D eigenvalue weighted by Crippen LogP contribution is 2.22. The zero-order valence-electron chi connectivity index (χ0n) is 16.7. The highest BCUT2D eigenvalue weighted by atomic mass is 32.2. The Labute approximate surface area is 177 Å². The summed E-state index contributed by atoms with van der Waals surface area (Å²) < 4.78 is 33.2. The highest BCUT2D eigenvalue weighted by molar-refractivity contribution is 7.89. The van der Waals surface area contributed by atoms with Crippen molar-refractivity contribution in [2.45, 2.75) is 24.9 Å². The first-order valence-electron chi connectivity index (χ1n) is 9.52. The Bertz CT molecular complexity index is 1080. The molecule has 0 saturated heterocycles. The SMILES string of the molecule is Cc1cc(S(=O)(=O)NCc2ccccc2)ccc1OCC(=O)NCc1ccccc1. The van der Waals surface area contributed by atoms with Crippen molar-refractivity contribution in [3.63, 3.8) is 0 Å². The first-order chi connectivity index (χ1) is 14.4. The lowest BCUT2D eigenvalue weighted by Crippen LogP contribution is -2.28. The number of rotatable bonds is 9. The molecule has 0 aliphatic carbocycles. The average molecular weight is 425 g/mol. The van der Waals surface area contributed by atoms with Gasteiger partial charge in [-0.05, 0) is 41.8 Å². The van der Waals surface area contributed by atoms with Crippen molar-refractivity contribution in [2.75, 3.05) is 6.61 Å². The van der Waals surface area contributed by atoms with E-state index < -0.39 is 10.0 Å². The second-order valence-electron chi connectivity index (χ2n) is 6.79. The summed E-state index contributed by atoms with van der Waals surface area (Å²) in [7, 11) is -3.65. The molecule has 3 aromatic rings. The predicted molar refractivity (Wildman–Crippen MR) is 115 cm³/mol. The van der Waals surface area contributed by atoms with E-state index in [0.717, 1.165) is 11.1 Å². The van der Waals surface area contributed by atoms with Crippen LogP contribution in [0.25, 0.3) is 0 Å². The fraction of sp³-hybridized carbons (Fsp3) is 0.174. The Hall–Kier alpha value is -3.16. The van der Waals surface area contributed by atoms with E-state index in [0.29, 0.717) is 17.9 Å². The van der Waals surface area contributed by atoms with Gasteiger partial charge in [0.2, 0.25) is 10.0 Å². The van der Waals surface area contributed by atoms with Crippen molar-refractivity contribution < 1.29 is 17.9 Å². The lowest BCUT2D eigenvalue weighted by atomic mass is 10.2. The average Bonchev–Trinajstić information content (AvgIpc) is 2.77. The van der Waals surface area contributed by atoms with Gasteiger partial charge in [-0.15, -0.1) is 0 Å². The fourth-order valence-corrected chi connectivity index (χ4v) is 3.90. The second kappa shape index (κ2) is 10.0. The number of sulfonamides is 1. The maximum Gasteiger partial charge on any atom is 0.258 e. The Kier molecular flexibility index (Phi) is 7.21. The molecule has 3 rings (SSSR count). The molecule has 1 amide bonds. The minimum Gasteiger partial charge on any atom is -0.484 e. The van der Waals surface area contributed by atoms with Crippen LogP contribution in [0.2, 0.25) is 0 Å². The van der Waals surface area contributed by atoms with Gasteiger partial charge >= 0.3 is 0 Å². The van der Waals surface area contributed by atoms with Gasteiger partial charge in [0, 0.05) is 13.1 Å². The normalized spacial score (nSPS) is 11.1. The summed E-state index contributed by atoms with van der Waals surface area (Å²) in [6.07, 6.45) is 0. The summed E-state index contributed by atoms with van der Waals surface area (Å²) in [5.41, 5.74) is 2.51. The molecule has 0 aliphatic heterocycles. The molecule has 0 saturated carbocycles. The van der Waals surface area contributed by atoms with E-state index in [9.17, 15) is 13.2 Å². The van der Waals surface area contributed by atoms with Crippen LogP contribution in [-0.2, 0) is 27.9 Å². The third-order valence-electron chi connectivity index (χ3n) is 4.46. The van der Waals surface area contributed by atoms with E-state index in [4.69, 9.17) is 4.74 Å². The van der Waals surface area contributed by atoms with Gasteiger partial charge in [-0.25, -0.2) is 13.1 Å². The van der Waals surface area contributed by atoms with Crippen LogP contribution in [-0.4, -0.2) is 20.9 Å². The molecule has 0 fully saturated rings. The molecule has 6 nitrogen and oxygen atoms in total. The van der Waals surface area contributed by atoms with E-state index in [-0.39, 0.29) is 24.0 Å². The molecule has 156 valence electrons. The van der Waals surface area contributed by atoms with Crippen LogP contribution < -0.4 is 14.8 Å². The molecule has 0 aliphatic rings. The van der Waals surface area contributed by atoms with Crippen LogP contribution in [0.1, 0.15) is 16.7 Å². The lowest BCUT2D eigenvalue weighted by Gasteiger charge is -2.12. The van der Waals surface area contributed by atoms with Crippen LogP contribution in [0.3, 0.4) is 0 Å². The smallest absolute Gasteiger partial charge is 0.258 e. The van der Waals surface area contributed by atoms with Crippen LogP contribution >= 0.6 is 0 Å².